The third kappa shape index (κ3) is 3.55. The highest BCUT2D eigenvalue weighted by Gasteiger charge is 2.32. The van der Waals surface area contributed by atoms with E-state index in [0.717, 1.165) is 12.5 Å². The zero-order chi connectivity index (χ0) is 12.3. The Kier molecular flexibility index (Phi) is 4.19. The van der Waals surface area contributed by atoms with E-state index < -0.39 is 0 Å². The molecule has 1 aromatic carbocycles. The second-order valence-corrected chi connectivity index (χ2v) is 5.25. The molecule has 0 amide bonds. The molecule has 0 radical (unpaired) electrons. The lowest BCUT2D eigenvalue weighted by atomic mass is 10.0. The van der Waals surface area contributed by atoms with Gasteiger partial charge in [0, 0.05) is 19.2 Å². The Morgan fingerprint density at radius 3 is 2.47 bits per heavy atom. The second kappa shape index (κ2) is 5.65. The van der Waals surface area contributed by atoms with Gasteiger partial charge in [0.05, 0.1) is 6.61 Å². The first kappa shape index (κ1) is 12.6. The molecule has 17 heavy (non-hydrogen) atoms. The summed E-state index contributed by atoms with van der Waals surface area (Å²) in [7, 11) is 1.76. The Morgan fingerprint density at radius 2 is 1.94 bits per heavy atom. The van der Waals surface area contributed by atoms with Crippen LogP contribution in [0.3, 0.4) is 0 Å². The maximum Gasteiger partial charge on any atom is 0.0613 e. The molecule has 0 aromatic heterocycles. The monoisotopic (exact) mass is 233 g/mol. The number of rotatable bonds is 6. The van der Waals surface area contributed by atoms with Crippen LogP contribution in [0.1, 0.15) is 36.9 Å². The van der Waals surface area contributed by atoms with Crippen LogP contribution in [0.25, 0.3) is 0 Å². The van der Waals surface area contributed by atoms with Gasteiger partial charge in [0.1, 0.15) is 0 Å². The largest absolute Gasteiger partial charge is 0.383 e. The van der Waals surface area contributed by atoms with Crippen molar-refractivity contribution >= 4 is 0 Å². The molecular weight excluding hydrogens is 210 g/mol. The molecule has 1 fully saturated rings. The molecule has 1 saturated carbocycles. The number of aryl methyl sites for hydroxylation is 1. The Morgan fingerprint density at radius 1 is 1.29 bits per heavy atom. The second-order valence-electron chi connectivity index (χ2n) is 5.25. The summed E-state index contributed by atoms with van der Waals surface area (Å²) in [6.45, 7) is 5.10. The molecule has 2 heteroatoms. The van der Waals surface area contributed by atoms with Gasteiger partial charge in [-0.25, -0.2) is 0 Å². The molecule has 0 saturated heterocycles. The van der Waals surface area contributed by atoms with Crippen LogP contribution >= 0.6 is 0 Å². The lowest BCUT2D eigenvalue weighted by molar-refractivity contribution is 0.164. The molecule has 94 valence electrons. The number of nitrogens with one attached hydrogen (secondary N) is 1. The average Bonchev–Trinajstić information content (AvgIpc) is 3.12. The summed E-state index contributed by atoms with van der Waals surface area (Å²) in [5.74, 6) is 0.817. The SMILES string of the molecule is COCC(C)NC(c1ccc(C)cc1)C1CC1. The van der Waals surface area contributed by atoms with E-state index in [1.165, 1.54) is 24.0 Å². The van der Waals surface area contributed by atoms with Gasteiger partial charge >= 0.3 is 0 Å². The van der Waals surface area contributed by atoms with Crippen molar-refractivity contribution in [2.24, 2.45) is 5.92 Å². The Labute approximate surface area is 104 Å². The van der Waals surface area contributed by atoms with E-state index in [1.807, 2.05) is 0 Å². The highest BCUT2D eigenvalue weighted by atomic mass is 16.5. The van der Waals surface area contributed by atoms with Gasteiger partial charge in [-0.3, -0.25) is 0 Å². The van der Waals surface area contributed by atoms with Gasteiger partial charge in [0.2, 0.25) is 0 Å². The fourth-order valence-corrected chi connectivity index (χ4v) is 2.31. The lowest BCUT2D eigenvalue weighted by Gasteiger charge is -2.23. The van der Waals surface area contributed by atoms with E-state index in [-0.39, 0.29) is 0 Å². The third-order valence-electron chi connectivity index (χ3n) is 3.41. The van der Waals surface area contributed by atoms with Gasteiger partial charge in [-0.2, -0.15) is 0 Å². The van der Waals surface area contributed by atoms with Gasteiger partial charge in [-0.15, -0.1) is 0 Å². The molecule has 1 aliphatic rings. The highest BCUT2D eigenvalue weighted by Crippen LogP contribution is 2.41. The molecule has 2 unspecified atom stereocenters. The Bertz CT molecular complexity index is 342. The van der Waals surface area contributed by atoms with Crippen molar-refractivity contribution in [3.05, 3.63) is 35.4 Å². The van der Waals surface area contributed by atoms with E-state index >= 15 is 0 Å². The van der Waals surface area contributed by atoms with Crippen LogP contribution in [0, 0.1) is 12.8 Å². The minimum absolute atomic E-state index is 0.409. The third-order valence-corrected chi connectivity index (χ3v) is 3.41. The number of methoxy groups -OCH3 is 1. The summed E-state index contributed by atoms with van der Waals surface area (Å²) in [4.78, 5) is 0. The van der Waals surface area contributed by atoms with Gasteiger partial charge in [0.15, 0.2) is 0 Å². The van der Waals surface area contributed by atoms with Crippen molar-refractivity contribution in [3.8, 4) is 0 Å². The summed E-state index contributed by atoms with van der Waals surface area (Å²) in [5, 5.41) is 3.69. The summed E-state index contributed by atoms with van der Waals surface area (Å²) < 4.78 is 5.20. The first-order chi connectivity index (χ1) is 8.20. The molecule has 0 heterocycles. The Balaban J connectivity index is 2.04. The highest BCUT2D eigenvalue weighted by molar-refractivity contribution is 5.25. The predicted octanol–water partition coefficient (Wildman–Crippen LogP) is 3.07. The van der Waals surface area contributed by atoms with Crippen molar-refractivity contribution in [2.45, 2.75) is 38.8 Å². The van der Waals surface area contributed by atoms with E-state index in [1.54, 1.807) is 7.11 Å². The van der Waals surface area contributed by atoms with Crippen LogP contribution < -0.4 is 5.32 Å². The minimum atomic E-state index is 0.409. The normalized spacial score (nSPS) is 19.0. The van der Waals surface area contributed by atoms with Crippen molar-refractivity contribution in [2.75, 3.05) is 13.7 Å². The van der Waals surface area contributed by atoms with Crippen LogP contribution in [-0.2, 0) is 4.74 Å². The van der Waals surface area contributed by atoms with Gasteiger partial charge < -0.3 is 10.1 Å². The van der Waals surface area contributed by atoms with Crippen molar-refractivity contribution in [1.29, 1.82) is 0 Å². The zero-order valence-corrected chi connectivity index (χ0v) is 11.1. The van der Waals surface area contributed by atoms with Gasteiger partial charge in [-0.1, -0.05) is 29.8 Å². The van der Waals surface area contributed by atoms with Crippen molar-refractivity contribution < 1.29 is 4.74 Å². The van der Waals surface area contributed by atoms with E-state index in [2.05, 4.69) is 43.4 Å². The summed E-state index contributed by atoms with van der Waals surface area (Å²) in [5.41, 5.74) is 2.74. The molecular formula is C15H23NO. The Hall–Kier alpha value is -0.860. The first-order valence-electron chi connectivity index (χ1n) is 6.52. The maximum absolute atomic E-state index is 5.20. The number of benzene rings is 1. The summed E-state index contributed by atoms with van der Waals surface area (Å²) in [6.07, 6.45) is 2.70. The molecule has 1 aromatic rings. The molecule has 2 rings (SSSR count). The molecule has 0 spiro atoms. The van der Waals surface area contributed by atoms with Crippen molar-refractivity contribution in [3.63, 3.8) is 0 Å². The van der Waals surface area contributed by atoms with E-state index in [0.29, 0.717) is 12.1 Å². The zero-order valence-electron chi connectivity index (χ0n) is 11.1. The molecule has 0 bridgehead atoms. The van der Waals surface area contributed by atoms with Gasteiger partial charge in [-0.05, 0) is 38.2 Å². The minimum Gasteiger partial charge on any atom is -0.383 e. The van der Waals surface area contributed by atoms with Crippen LogP contribution in [0.15, 0.2) is 24.3 Å². The molecule has 1 N–H and O–H groups in total. The fraction of sp³-hybridized carbons (Fsp3) is 0.600. The smallest absolute Gasteiger partial charge is 0.0613 e. The maximum atomic E-state index is 5.20. The van der Waals surface area contributed by atoms with Crippen LogP contribution in [0.2, 0.25) is 0 Å². The van der Waals surface area contributed by atoms with Crippen LogP contribution in [0.4, 0.5) is 0 Å². The quantitative estimate of drug-likeness (QED) is 0.815. The average molecular weight is 233 g/mol. The number of hydrogen-bond donors (Lipinski definition) is 1. The standard InChI is InChI=1S/C15H23NO/c1-11-4-6-13(7-5-11)15(14-8-9-14)16-12(2)10-17-3/h4-7,12,14-16H,8-10H2,1-3H3. The first-order valence-corrected chi connectivity index (χ1v) is 6.52. The molecule has 2 nitrogen and oxygen atoms in total. The fourth-order valence-electron chi connectivity index (χ4n) is 2.31. The van der Waals surface area contributed by atoms with Crippen molar-refractivity contribution in [1.82, 2.24) is 5.32 Å². The summed E-state index contributed by atoms with van der Waals surface area (Å²) in [6, 6.07) is 9.82. The number of ether oxygens (including phenoxy) is 1. The molecule has 1 aliphatic carbocycles. The number of hydrogen-bond acceptors (Lipinski definition) is 2. The lowest BCUT2D eigenvalue weighted by Crippen LogP contribution is -2.34. The van der Waals surface area contributed by atoms with Gasteiger partial charge in [0.25, 0.3) is 0 Å². The van der Waals surface area contributed by atoms with Crippen LogP contribution in [0.5, 0.6) is 0 Å². The molecule has 0 aliphatic heterocycles. The van der Waals surface area contributed by atoms with E-state index in [9.17, 15) is 0 Å². The van der Waals surface area contributed by atoms with Crippen LogP contribution in [-0.4, -0.2) is 19.8 Å². The molecule has 2 atom stereocenters. The summed E-state index contributed by atoms with van der Waals surface area (Å²) >= 11 is 0. The topological polar surface area (TPSA) is 21.3 Å². The van der Waals surface area contributed by atoms with E-state index in [4.69, 9.17) is 4.74 Å². The predicted molar refractivity (Wildman–Crippen MR) is 71.1 cm³/mol.